The Morgan fingerprint density at radius 2 is 1.88 bits per heavy atom. The van der Waals surface area contributed by atoms with E-state index in [2.05, 4.69) is 28.7 Å². The van der Waals surface area contributed by atoms with Crippen LogP contribution < -0.4 is 10.6 Å². The highest BCUT2D eigenvalue weighted by atomic mass is 15.2. The molecular weight excluding hydrogens is 200 g/mol. The third-order valence-electron chi connectivity index (χ3n) is 3.05. The van der Waals surface area contributed by atoms with Gasteiger partial charge in [-0.2, -0.15) is 4.98 Å². The largest absolute Gasteiger partial charge is 0.368 e. The Labute approximate surface area is 96.9 Å². The summed E-state index contributed by atoms with van der Waals surface area (Å²) in [5, 5.41) is 0. The first-order valence-electron chi connectivity index (χ1n) is 5.90. The first kappa shape index (κ1) is 11.2. The van der Waals surface area contributed by atoms with Gasteiger partial charge in [0, 0.05) is 24.8 Å². The number of hydrogen-bond donors (Lipinski definition) is 1. The maximum Gasteiger partial charge on any atom is 0.222 e. The average molecular weight is 220 g/mol. The van der Waals surface area contributed by atoms with E-state index < -0.39 is 0 Å². The number of aromatic nitrogens is 2. The lowest BCUT2D eigenvalue weighted by molar-refractivity contribution is 0.355. The number of nitrogens with zero attached hydrogens (tertiary/aromatic N) is 3. The average Bonchev–Trinajstić information content (AvgIpc) is 2.14. The normalized spacial score (nSPS) is 25.8. The van der Waals surface area contributed by atoms with E-state index in [1.807, 2.05) is 13.0 Å². The van der Waals surface area contributed by atoms with Gasteiger partial charge in [0.15, 0.2) is 0 Å². The molecule has 1 fully saturated rings. The standard InChI is InChI=1S/C12H20N4/c1-8-4-9(2)7-16(6-8)11-5-10(3)14-12(13)15-11/h5,8-9H,4,6-7H2,1-3H3,(H2,13,14,15). The van der Waals surface area contributed by atoms with Gasteiger partial charge in [0.25, 0.3) is 0 Å². The highest BCUT2D eigenvalue weighted by molar-refractivity contribution is 5.43. The lowest BCUT2D eigenvalue weighted by Crippen LogP contribution is -2.39. The summed E-state index contributed by atoms with van der Waals surface area (Å²) >= 11 is 0. The van der Waals surface area contributed by atoms with Crippen LogP contribution in [-0.4, -0.2) is 23.1 Å². The van der Waals surface area contributed by atoms with Crippen LogP contribution in [0, 0.1) is 18.8 Å². The molecule has 1 saturated heterocycles. The summed E-state index contributed by atoms with van der Waals surface area (Å²) in [4.78, 5) is 10.7. The zero-order valence-electron chi connectivity index (χ0n) is 10.3. The fourth-order valence-electron chi connectivity index (χ4n) is 2.59. The van der Waals surface area contributed by atoms with Gasteiger partial charge in [-0.3, -0.25) is 0 Å². The number of piperidine rings is 1. The number of rotatable bonds is 1. The zero-order chi connectivity index (χ0) is 11.7. The molecule has 2 atom stereocenters. The molecule has 0 saturated carbocycles. The Bertz CT molecular complexity index is 347. The van der Waals surface area contributed by atoms with Gasteiger partial charge in [-0.25, -0.2) is 4.98 Å². The molecule has 2 N–H and O–H groups in total. The summed E-state index contributed by atoms with van der Waals surface area (Å²) in [5.74, 6) is 2.80. The zero-order valence-corrected chi connectivity index (χ0v) is 10.3. The molecule has 1 aromatic rings. The number of nitrogens with two attached hydrogens (primary N) is 1. The Kier molecular flexibility index (Phi) is 2.99. The first-order chi connectivity index (χ1) is 7.54. The van der Waals surface area contributed by atoms with Gasteiger partial charge < -0.3 is 10.6 Å². The van der Waals surface area contributed by atoms with Crippen LogP contribution in [0.5, 0.6) is 0 Å². The van der Waals surface area contributed by atoms with E-state index in [-0.39, 0.29) is 0 Å². The molecule has 0 bridgehead atoms. The van der Waals surface area contributed by atoms with Gasteiger partial charge in [0.2, 0.25) is 5.95 Å². The third-order valence-corrected chi connectivity index (χ3v) is 3.05. The van der Waals surface area contributed by atoms with E-state index >= 15 is 0 Å². The topological polar surface area (TPSA) is 55.0 Å². The predicted octanol–water partition coefficient (Wildman–Crippen LogP) is 1.85. The summed E-state index contributed by atoms with van der Waals surface area (Å²) in [5.41, 5.74) is 6.62. The Morgan fingerprint density at radius 1 is 1.25 bits per heavy atom. The second-order valence-electron chi connectivity index (χ2n) is 5.08. The van der Waals surface area contributed by atoms with Crippen LogP contribution in [0.15, 0.2) is 6.07 Å². The van der Waals surface area contributed by atoms with Gasteiger partial charge in [0.05, 0.1) is 0 Å². The van der Waals surface area contributed by atoms with E-state index in [1.54, 1.807) is 0 Å². The van der Waals surface area contributed by atoms with Crippen molar-refractivity contribution in [3.63, 3.8) is 0 Å². The summed E-state index contributed by atoms with van der Waals surface area (Å²) in [6.07, 6.45) is 1.30. The molecule has 0 amide bonds. The van der Waals surface area contributed by atoms with Gasteiger partial charge in [0.1, 0.15) is 5.82 Å². The second kappa shape index (κ2) is 4.28. The molecule has 16 heavy (non-hydrogen) atoms. The molecule has 4 nitrogen and oxygen atoms in total. The fraction of sp³-hybridized carbons (Fsp3) is 0.667. The van der Waals surface area contributed by atoms with Crippen LogP contribution in [0.4, 0.5) is 11.8 Å². The number of nitrogen functional groups attached to an aromatic ring is 1. The summed E-state index contributed by atoms with van der Waals surface area (Å²) in [6.45, 7) is 8.68. The van der Waals surface area contributed by atoms with E-state index in [1.165, 1.54) is 6.42 Å². The fourth-order valence-corrected chi connectivity index (χ4v) is 2.59. The van der Waals surface area contributed by atoms with Crippen molar-refractivity contribution in [2.45, 2.75) is 27.2 Å². The lowest BCUT2D eigenvalue weighted by Gasteiger charge is -2.35. The minimum atomic E-state index is 0.376. The quantitative estimate of drug-likeness (QED) is 0.784. The van der Waals surface area contributed by atoms with Crippen molar-refractivity contribution < 1.29 is 0 Å². The Hall–Kier alpha value is -1.32. The number of aryl methyl sites for hydroxylation is 1. The van der Waals surface area contributed by atoms with Gasteiger partial charge in [-0.15, -0.1) is 0 Å². The molecule has 4 heteroatoms. The number of anilines is 2. The maximum absolute atomic E-state index is 5.69. The van der Waals surface area contributed by atoms with Crippen molar-refractivity contribution >= 4 is 11.8 Å². The molecular formula is C12H20N4. The molecule has 2 rings (SSSR count). The molecule has 1 aliphatic heterocycles. The van der Waals surface area contributed by atoms with Crippen molar-refractivity contribution in [2.24, 2.45) is 11.8 Å². The van der Waals surface area contributed by atoms with Crippen molar-refractivity contribution in [3.05, 3.63) is 11.8 Å². The van der Waals surface area contributed by atoms with Crippen molar-refractivity contribution in [1.29, 1.82) is 0 Å². The van der Waals surface area contributed by atoms with Gasteiger partial charge in [-0.1, -0.05) is 13.8 Å². The van der Waals surface area contributed by atoms with E-state index in [0.29, 0.717) is 5.95 Å². The Balaban J connectivity index is 2.22. The van der Waals surface area contributed by atoms with Crippen LogP contribution in [-0.2, 0) is 0 Å². The van der Waals surface area contributed by atoms with Crippen LogP contribution in [0.2, 0.25) is 0 Å². The van der Waals surface area contributed by atoms with E-state index in [9.17, 15) is 0 Å². The second-order valence-corrected chi connectivity index (χ2v) is 5.08. The van der Waals surface area contributed by atoms with Crippen molar-refractivity contribution in [3.8, 4) is 0 Å². The maximum atomic E-state index is 5.69. The van der Waals surface area contributed by atoms with Crippen LogP contribution in [0.3, 0.4) is 0 Å². The molecule has 2 heterocycles. The Morgan fingerprint density at radius 3 is 2.44 bits per heavy atom. The van der Waals surface area contributed by atoms with Gasteiger partial charge >= 0.3 is 0 Å². The van der Waals surface area contributed by atoms with Gasteiger partial charge in [-0.05, 0) is 25.2 Å². The molecule has 0 radical (unpaired) electrons. The van der Waals surface area contributed by atoms with Crippen LogP contribution in [0.25, 0.3) is 0 Å². The first-order valence-corrected chi connectivity index (χ1v) is 5.90. The highest BCUT2D eigenvalue weighted by Gasteiger charge is 2.23. The smallest absolute Gasteiger partial charge is 0.222 e. The monoisotopic (exact) mass is 220 g/mol. The van der Waals surface area contributed by atoms with E-state index in [0.717, 1.165) is 36.4 Å². The molecule has 0 spiro atoms. The molecule has 1 aliphatic rings. The minimum absolute atomic E-state index is 0.376. The molecule has 2 unspecified atom stereocenters. The lowest BCUT2D eigenvalue weighted by atomic mass is 9.92. The van der Waals surface area contributed by atoms with Crippen LogP contribution >= 0.6 is 0 Å². The summed E-state index contributed by atoms with van der Waals surface area (Å²) in [7, 11) is 0. The summed E-state index contributed by atoms with van der Waals surface area (Å²) < 4.78 is 0. The molecule has 88 valence electrons. The SMILES string of the molecule is Cc1cc(N2CC(C)CC(C)C2)nc(N)n1. The molecule has 1 aromatic heterocycles. The van der Waals surface area contributed by atoms with Crippen LogP contribution in [0.1, 0.15) is 26.0 Å². The van der Waals surface area contributed by atoms with E-state index in [4.69, 9.17) is 5.73 Å². The molecule has 0 aromatic carbocycles. The third kappa shape index (κ3) is 2.43. The predicted molar refractivity (Wildman–Crippen MR) is 66.3 cm³/mol. The van der Waals surface area contributed by atoms with Crippen molar-refractivity contribution in [2.75, 3.05) is 23.7 Å². The van der Waals surface area contributed by atoms with Crippen molar-refractivity contribution in [1.82, 2.24) is 9.97 Å². The molecule has 0 aliphatic carbocycles. The highest BCUT2D eigenvalue weighted by Crippen LogP contribution is 2.25. The summed E-state index contributed by atoms with van der Waals surface area (Å²) in [6, 6.07) is 2.02. The minimum Gasteiger partial charge on any atom is -0.368 e. The number of hydrogen-bond acceptors (Lipinski definition) is 4.